The molecule has 0 spiro atoms. The molecule has 4 rings (SSSR count). The van der Waals surface area contributed by atoms with Gasteiger partial charge >= 0.3 is 0 Å². The first-order chi connectivity index (χ1) is 10.3. The first-order valence-corrected chi connectivity index (χ1v) is 7.50. The van der Waals surface area contributed by atoms with Gasteiger partial charge in [0.05, 0.1) is 17.8 Å². The Bertz CT molecular complexity index is 794. The van der Waals surface area contributed by atoms with Crippen molar-refractivity contribution >= 4 is 16.6 Å². The van der Waals surface area contributed by atoms with Crippen LogP contribution in [0.1, 0.15) is 18.2 Å². The molecule has 2 heteroatoms. The van der Waals surface area contributed by atoms with Gasteiger partial charge in [0.15, 0.2) is 0 Å². The van der Waals surface area contributed by atoms with Gasteiger partial charge in [-0.25, -0.2) is 0 Å². The third kappa shape index (κ3) is 2.17. The van der Waals surface area contributed by atoms with Crippen LogP contribution in [0, 0.1) is 0 Å². The molecule has 2 nitrogen and oxygen atoms in total. The number of pyridine rings is 1. The van der Waals surface area contributed by atoms with Crippen molar-refractivity contribution in [2.75, 3.05) is 4.90 Å². The van der Waals surface area contributed by atoms with Gasteiger partial charge in [0, 0.05) is 17.1 Å². The molecule has 104 valence electrons. The lowest BCUT2D eigenvalue weighted by Gasteiger charge is -2.24. The average Bonchev–Trinajstić information content (AvgIpc) is 2.83. The fourth-order valence-corrected chi connectivity index (χ4v) is 3.24. The Morgan fingerprint density at radius 1 is 1.00 bits per heavy atom. The van der Waals surface area contributed by atoms with Gasteiger partial charge < -0.3 is 4.90 Å². The van der Waals surface area contributed by atoms with Crippen LogP contribution < -0.4 is 4.90 Å². The summed E-state index contributed by atoms with van der Waals surface area (Å²) in [7, 11) is 0. The lowest BCUT2D eigenvalue weighted by atomic mass is 10.1. The fraction of sp³-hybridized carbons (Fsp3) is 0.211. The van der Waals surface area contributed by atoms with Crippen LogP contribution in [-0.4, -0.2) is 11.0 Å². The molecule has 0 aliphatic carbocycles. The van der Waals surface area contributed by atoms with Gasteiger partial charge in [0.2, 0.25) is 0 Å². The molecule has 0 bridgehead atoms. The number of fused-ring (bicyclic) bond motifs is 2. The summed E-state index contributed by atoms with van der Waals surface area (Å²) in [6.45, 7) is 3.17. The minimum absolute atomic E-state index is 0.538. The molecule has 0 saturated heterocycles. The highest BCUT2D eigenvalue weighted by molar-refractivity contribution is 5.78. The summed E-state index contributed by atoms with van der Waals surface area (Å²) in [4.78, 5) is 7.27. The lowest BCUT2D eigenvalue weighted by Crippen LogP contribution is -2.28. The highest BCUT2D eigenvalue weighted by atomic mass is 15.2. The largest absolute Gasteiger partial charge is 0.362 e. The summed E-state index contributed by atoms with van der Waals surface area (Å²) in [6.07, 6.45) is 1.13. The summed E-state index contributed by atoms with van der Waals surface area (Å²) in [5.74, 6) is 0. The van der Waals surface area contributed by atoms with E-state index in [1.54, 1.807) is 0 Å². The van der Waals surface area contributed by atoms with Gasteiger partial charge in [-0.3, -0.25) is 4.98 Å². The van der Waals surface area contributed by atoms with Crippen molar-refractivity contribution in [2.24, 2.45) is 0 Å². The van der Waals surface area contributed by atoms with Crippen LogP contribution in [0.25, 0.3) is 10.9 Å². The number of hydrogen-bond acceptors (Lipinski definition) is 2. The third-order valence-electron chi connectivity index (χ3n) is 4.34. The zero-order chi connectivity index (χ0) is 14.2. The second kappa shape index (κ2) is 4.88. The van der Waals surface area contributed by atoms with E-state index in [0.717, 1.165) is 24.2 Å². The Morgan fingerprint density at radius 3 is 2.76 bits per heavy atom. The SMILES string of the molecule is C[C@@H]1Cc2ccccc2N1Cc1ccc2ccccc2n1. The quantitative estimate of drug-likeness (QED) is 0.696. The molecule has 3 aromatic rings. The molecule has 2 aromatic carbocycles. The molecule has 1 aliphatic heterocycles. The molecule has 1 aromatic heterocycles. The van der Waals surface area contributed by atoms with E-state index in [2.05, 4.69) is 66.4 Å². The lowest BCUT2D eigenvalue weighted by molar-refractivity contribution is 0.666. The third-order valence-corrected chi connectivity index (χ3v) is 4.34. The molecule has 1 atom stereocenters. The van der Waals surface area contributed by atoms with Crippen LogP contribution in [0.15, 0.2) is 60.7 Å². The number of anilines is 1. The summed E-state index contributed by atoms with van der Waals surface area (Å²) in [6, 6.07) is 21.9. The summed E-state index contributed by atoms with van der Waals surface area (Å²) in [5.41, 5.74) is 5.03. The molecule has 0 saturated carbocycles. The van der Waals surface area contributed by atoms with E-state index in [1.165, 1.54) is 16.6 Å². The molecule has 0 N–H and O–H groups in total. The summed E-state index contributed by atoms with van der Waals surface area (Å²) >= 11 is 0. The number of nitrogens with zero attached hydrogens (tertiary/aromatic N) is 2. The van der Waals surface area contributed by atoms with E-state index >= 15 is 0 Å². The van der Waals surface area contributed by atoms with Crippen LogP contribution in [0.4, 0.5) is 5.69 Å². The van der Waals surface area contributed by atoms with Crippen LogP contribution in [0.2, 0.25) is 0 Å². The molecule has 0 fully saturated rings. The molecular weight excluding hydrogens is 256 g/mol. The zero-order valence-corrected chi connectivity index (χ0v) is 12.2. The van der Waals surface area contributed by atoms with Crippen molar-refractivity contribution in [2.45, 2.75) is 25.9 Å². The smallest absolute Gasteiger partial charge is 0.0706 e. The second-order valence-corrected chi connectivity index (χ2v) is 5.81. The molecule has 0 unspecified atom stereocenters. The van der Waals surface area contributed by atoms with Crippen molar-refractivity contribution in [3.05, 3.63) is 71.9 Å². The Hall–Kier alpha value is -2.35. The van der Waals surface area contributed by atoms with E-state index in [-0.39, 0.29) is 0 Å². The van der Waals surface area contributed by atoms with Crippen LogP contribution in [0.3, 0.4) is 0 Å². The van der Waals surface area contributed by atoms with Gasteiger partial charge in [0.1, 0.15) is 0 Å². The number of aromatic nitrogens is 1. The number of para-hydroxylation sites is 2. The molecule has 0 amide bonds. The maximum Gasteiger partial charge on any atom is 0.0706 e. The second-order valence-electron chi connectivity index (χ2n) is 5.81. The number of benzene rings is 2. The van der Waals surface area contributed by atoms with Gasteiger partial charge in [0.25, 0.3) is 0 Å². The molecule has 21 heavy (non-hydrogen) atoms. The topological polar surface area (TPSA) is 16.1 Å². The fourth-order valence-electron chi connectivity index (χ4n) is 3.24. The highest BCUT2D eigenvalue weighted by Crippen LogP contribution is 2.32. The van der Waals surface area contributed by atoms with Crippen molar-refractivity contribution in [1.82, 2.24) is 4.98 Å². The minimum Gasteiger partial charge on any atom is -0.362 e. The van der Waals surface area contributed by atoms with E-state index in [0.29, 0.717) is 6.04 Å². The van der Waals surface area contributed by atoms with Gasteiger partial charge in [-0.1, -0.05) is 42.5 Å². The molecular formula is C19H18N2. The van der Waals surface area contributed by atoms with E-state index < -0.39 is 0 Å². The van der Waals surface area contributed by atoms with E-state index in [4.69, 9.17) is 4.98 Å². The van der Waals surface area contributed by atoms with Gasteiger partial charge in [-0.15, -0.1) is 0 Å². The van der Waals surface area contributed by atoms with Crippen LogP contribution >= 0.6 is 0 Å². The first kappa shape index (κ1) is 12.4. The Labute approximate surface area is 125 Å². The van der Waals surface area contributed by atoms with Crippen molar-refractivity contribution < 1.29 is 0 Å². The maximum atomic E-state index is 4.80. The van der Waals surface area contributed by atoms with Crippen LogP contribution in [-0.2, 0) is 13.0 Å². The van der Waals surface area contributed by atoms with E-state index in [9.17, 15) is 0 Å². The standard InChI is InChI=1S/C19H18N2/c1-14-12-16-7-3-5-9-19(16)21(14)13-17-11-10-15-6-2-4-8-18(15)20-17/h2-11,14H,12-13H2,1H3/t14-/m1/s1. The Morgan fingerprint density at radius 2 is 1.81 bits per heavy atom. The van der Waals surface area contributed by atoms with Crippen molar-refractivity contribution in [3.8, 4) is 0 Å². The van der Waals surface area contributed by atoms with Crippen molar-refractivity contribution in [3.63, 3.8) is 0 Å². The first-order valence-electron chi connectivity index (χ1n) is 7.50. The molecule has 0 radical (unpaired) electrons. The summed E-state index contributed by atoms with van der Waals surface area (Å²) < 4.78 is 0. The normalized spacial score (nSPS) is 17.2. The zero-order valence-electron chi connectivity index (χ0n) is 12.2. The predicted octanol–water partition coefficient (Wildman–Crippen LogP) is 4.19. The molecule has 1 aliphatic rings. The van der Waals surface area contributed by atoms with Gasteiger partial charge in [-0.2, -0.15) is 0 Å². The predicted molar refractivity (Wildman–Crippen MR) is 87.5 cm³/mol. The Balaban J connectivity index is 1.68. The van der Waals surface area contributed by atoms with Gasteiger partial charge in [-0.05, 0) is 37.1 Å². The van der Waals surface area contributed by atoms with Crippen LogP contribution in [0.5, 0.6) is 0 Å². The maximum absolute atomic E-state index is 4.80. The number of rotatable bonds is 2. The minimum atomic E-state index is 0.538. The summed E-state index contributed by atoms with van der Waals surface area (Å²) in [5, 5.41) is 1.20. The highest BCUT2D eigenvalue weighted by Gasteiger charge is 2.25. The van der Waals surface area contributed by atoms with Crippen molar-refractivity contribution in [1.29, 1.82) is 0 Å². The number of hydrogen-bond donors (Lipinski definition) is 0. The Kier molecular flexibility index (Phi) is 2.88. The monoisotopic (exact) mass is 274 g/mol. The van der Waals surface area contributed by atoms with E-state index in [1.807, 2.05) is 6.07 Å². The molecule has 2 heterocycles. The average molecular weight is 274 g/mol.